The van der Waals surface area contributed by atoms with E-state index < -0.39 is 0 Å². The van der Waals surface area contributed by atoms with Crippen LogP contribution in [0.4, 0.5) is 0 Å². The minimum Gasteiger partial charge on any atom is -0.292 e. The van der Waals surface area contributed by atoms with Gasteiger partial charge in [0.2, 0.25) is 5.91 Å². The predicted molar refractivity (Wildman–Crippen MR) is 45.3 cm³/mol. The highest BCUT2D eigenvalue weighted by Crippen LogP contribution is 2.20. The second-order valence-electron chi connectivity index (χ2n) is 3.37. The Morgan fingerprint density at radius 1 is 1.42 bits per heavy atom. The van der Waals surface area contributed by atoms with Gasteiger partial charge in [0.1, 0.15) is 0 Å². The zero-order valence-corrected chi connectivity index (χ0v) is 7.60. The summed E-state index contributed by atoms with van der Waals surface area (Å²) in [5, 5.41) is 2.27. The van der Waals surface area contributed by atoms with Crippen LogP contribution in [0.3, 0.4) is 0 Å². The highest BCUT2D eigenvalue weighted by Gasteiger charge is 2.26. The number of nitrogens with one attached hydrogen (secondary N) is 1. The molecule has 0 aromatic carbocycles. The van der Waals surface area contributed by atoms with Crippen molar-refractivity contribution in [1.29, 1.82) is 0 Å². The Labute approximate surface area is 71.8 Å². The third kappa shape index (κ3) is 1.55. The van der Waals surface area contributed by atoms with Crippen molar-refractivity contribution < 1.29 is 9.59 Å². The molecule has 3 nitrogen and oxygen atoms in total. The van der Waals surface area contributed by atoms with E-state index in [1.54, 1.807) is 0 Å². The maximum Gasteiger partial charge on any atom is 0.254 e. The summed E-state index contributed by atoms with van der Waals surface area (Å²) in [6, 6.07) is 0. The van der Waals surface area contributed by atoms with E-state index in [0.29, 0.717) is 11.5 Å². The molecule has 1 fully saturated rings. The number of carbonyl (C=O) groups is 2. The monoisotopic (exact) mass is 167 g/mol. The fourth-order valence-electron chi connectivity index (χ4n) is 1.15. The van der Waals surface area contributed by atoms with Crippen LogP contribution >= 0.6 is 0 Å². The van der Waals surface area contributed by atoms with Gasteiger partial charge in [-0.05, 0) is 12.8 Å². The van der Waals surface area contributed by atoms with E-state index in [2.05, 4.69) is 5.32 Å². The van der Waals surface area contributed by atoms with Crippen LogP contribution in [0, 0.1) is 5.92 Å². The highest BCUT2D eigenvalue weighted by molar-refractivity contribution is 6.13. The van der Waals surface area contributed by atoms with Crippen LogP contribution in [0.15, 0.2) is 11.1 Å². The van der Waals surface area contributed by atoms with Gasteiger partial charge in [-0.3, -0.25) is 14.9 Å². The van der Waals surface area contributed by atoms with Gasteiger partial charge < -0.3 is 0 Å². The molecular weight excluding hydrogens is 154 g/mol. The maximum atomic E-state index is 11.1. The fraction of sp³-hybridized carbons (Fsp3) is 0.556. The summed E-state index contributed by atoms with van der Waals surface area (Å²) in [7, 11) is 0. The lowest BCUT2D eigenvalue weighted by atomic mass is 9.98. The zero-order valence-electron chi connectivity index (χ0n) is 7.60. The van der Waals surface area contributed by atoms with Gasteiger partial charge in [0.05, 0.1) is 6.42 Å². The van der Waals surface area contributed by atoms with Crippen molar-refractivity contribution >= 4 is 11.8 Å². The van der Waals surface area contributed by atoms with E-state index in [4.69, 9.17) is 0 Å². The van der Waals surface area contributed by atoms with Gasteiger partial charge in [0.15, 0.2) is 0 Å². The largest absolute Gasteiger partial charge is 0.292 e. The SMILES string of the molecule is C/C(=C1/CC(=O)NC1=O)C(C)C. The van der Waals surface area contributed by atoms with Crippen molar-refractivity contribution in [2.75, 3.05) is 0 Å². The molecule has 0 aromatic rings. The lowest BCUT2D eigenvalue weighted by Crippen LogP contribution is -2.20. The molecule has 1 heterocycles. The van der Waals surface area contributed by atoms with Crippen molar-refractivity contribution in [2.24, 2.45) is 5.92 Å². The smallest absolute Gasteiger partial charge is 0.254 e. The summed E-state index contributed by atoms with van der Waals surface area (Å²) in [4.78, 5) is 22.0. The number of allylic oxidation sites excluding steroid dienone is 1. The van der Waals surface area contributed by atoms with E-state index in [-0.39, 0.29) is 18.2 Å². The van der Waals surface area contributed by atoms with E-state index in [1.165, 1.54) is 0 Å². The molecule has 0 radical (unpaired) electrons. The molecule has 1 aliphatic rings. The lowest BCUT2D eigenvalue weighted by Gasteiger charge is -2.06. The molecule has 66 valence electrons. The average Bonchev–Trinajstić information content (AvgIpc) is 2.28. The molecule has 12 heavy (non-hydrogen) atoms. The maximum absolute atomic E-state index is 11.1. The molecule has 1 N–H and O–H groups in total. The number of imide groups is 1. The van der Waals surface area contributed by atoms with Crippen molar-refractivity contribution in [2.45, 2.75) is 27.2 Å². The lowest BCUT2D eigenvalue weighted by molar-refractivity contribution is -0.124. The molecule has 0 aromatic heterocycles. The fourth-order valence-corrected chi connectivity index (χ4v) is 1.15. The van der Waals surface area contributed by atoms with Crippen molar-refractivity contribution in [3.63, 3.8) is 0 Å². The van der Waals surface area contributed by atoms with E-state index >= 15 is 0 Å². The zero-order chi connectivity index (χ0) is 9.30. The third-order valence-electron chi connectivity index (χ3n) is 2.21. The Bertz CT molecular complexity index is 264. The topological polar surface area (TPSA) is 46.2 Å². The first kappa shape index (κ1) is 8.97. The number of hydrogen-bond acceptors (Lipinski definition) is 2. The van der Waals surface area contributed by atoms with Crippen molar-refractivity contribution in [3.05, 3.63) is 11.1 Å². The van der Waals surface area contributed by atoms with Crippen LogP contribution in [-0.4, -0.2) is 11.8 Å². The number of amides is 2. The number of carbonyl (C=O) groups excluding carboxylic acids is 2. The van der Waals surface area contributed by atoms with Crippen molar-refractivity contribution in [3.8, 4) is 0 Å². The quantitative estimate of drug-likeness (QED) is 0.468. The third-order valence-corrected chi connectivity index (χ3v) is 2.21. The molecule has 1 saturated heterocycles. The Morgan fingerprint density at radius 2 is 2.00 bits per heavy atom. The van der Waals surface area contributed by atoms with Gasteiger partial charge in [-0.1, -0.05) is 19.4 Å². The van der Waals surface area contributed by atoms with Gasteiger partial charge in [-0.2, -0.15) is 0 Å². The molecule has 0 spiro atoms. The summed E-state index contributed by atoms with van der Waals surface area (Å²) in [5.41, 5.74) is 1.66. The Morgan fingerprint density at radius 3 is 2.33 bits per heavy atom. The molecule has 0 saturated carbocycles. The second-order valence-corrected chi connectivity index (χ2v) is 3.37. The molecule has 2 amide bonds. The first-order chi connectivity index (χ1) is 5.52. The summed E-state index contributed by atoms with van der Waals surface area (Å²) >= 11 is 0. The molecule has 1 aliphatic heterocycles. The van der Waals surface area contributed by atoms with Gasteiger partial charge in [0, 0.05) is 5.57 Å². The van der Waals surface area contributed by atoms with Crippen LogP contribution in [-0.2, 0) is 9.59 Å². The molecule has 3 heteroatoms. The minimum absolute atomic E-state index is 0.185. The van der Waals surface area contributed by atoms with Crippen LogP contribution in [0.25, 0.3) is 0 Å². The molecule has 0 bridgehead atoms. The second kappa shape index (κ2) is 3.09. The molecule has 0 atom stereocenters. The molecule has 1 rings (SSSR count). The van der Waals surface area contributed by atoms with Crippen LogP contribution < -0.4 is 5.32 Å². The molecule has 0 aliphatic carbocycles. The molecular formula is C9H13NO2. The highest BCUT2D eigenvalue weighted by atomic mass is 16.2. The van der Waals surface area contributed by atoms with Gasteiger partial charge in [-0.25, -0.2) is 0 Å². The first-order valence-electron chi connectivity index (χ1n) is 4.06. The first-order valence-corrected chi connectivity index (χ1v) is 4.06. The van der Waals surface area contributed by atoms with Gasteiger partial charge >= 0.3 is 0 Å². The number of hydrogen-bond donors (Lipinski definition) is 1. The van der Waals surface area contributed by atoms with Gasteiger partial charge in [0.25, 0.3) is 5.91 Å². The Kier molecular flexibility index (Phi) is 2.31. The van der Waals surface area contributed by atoms with E-state index in [9.17, 15) is 9.59 Å². The predicted octanol–water partition coefficient (Wildman–Crippen LogP) is 1.01. The standard InChI is InChI=1S/C9H13NO2/c1-5(2)6(3)7-4-8(11)10-9(7)12/h5H,4H2,1-3H3,(H,10,11,12)/b7-6+. The minimum atomic E-state index is -0.216. The normalized spacial score (nSPS) is 21.7. The van der Waals surface area contributed by atoms with Crippen LogP contribution in [0.2, 0.25) is 0 Å². The summed E-state index contributed by atoms with van der Waals surface area (Å²) in [6.45, 7) is 5.93. The van der Waals surface area contributed by atoms with Crippen molar-refractivity contribution in [1.82, 2.24) is 5.32 Å². The Balaban J connectivity index is 2.95. The van der Waals surface area contributed by atoms with E-state index in [1.807, 2.05) is 20.8 Å². The van der Waals surface area contributed by atoms with E-state index in [0.717, 1.165) is 5.57 Å². The number of rotatable bonds is 1. The van der Waals surface area contributed by atoms with Gasteiger partial charge in [-0.15, -0.1) is 0 Å². The summed E-state index contributed by atoms with van der Waals surface area (Å²) in [5.74, 6) is -0.0714. The molecule has 0 unspecified atom stereocenters. The van der Waals surface area contributed by atoms with Crippen LogP contribution in [0.1, 0.15) is 27.2 Å². The summed E-state index contributed by atoms with van der Waals surface area (Å²) < 4.78 is 0. The Hall–Kier alpha value is -1.12. The van der Waals surface area contributed by atoms with Crippen LogP contribution in [0.5, 0.6) is 0 Å². The summed E-state index contributed by atoms with van der Waals surface area (Å²) in [6.07, 6.45) is 0.253. The average molecular weight is 167 g/mol.